The Morgan fingerprint density at radius 1 is 0.774 bits per heavy atom. The molecule has 5 nitrogen and oxygen atoms in total. The number of hydrogen-bond donors (Lipinski definition) is 1. The molecular formula is C26H41NO4. The fourth-order valence-corrected chi connectivity index (χ4v) is 4.99. The van der Waals surface area contributed by atoms with Crippen LogP contribution in [0, 0.1) is 0 Å². The minimum Gasteiger partial charge on any atom is -0.545 e. The second-order valence-electron chi connectivity index (χ2n) is 9.40. The van der Waals surface area contributed by atoms with Gasteiger partial charge in [0.1, 0.15) is 13.1 Å². The number of carbonyl (C=O) groups excluding carboxylic acids is 1. The average molecular weight is 434 g/mol. The minimum absolute atomic E-state index is 0.141. The van der Waals surface area contributed by atoms with E-state index in [-0.39, 0.29) is 11.1 Å². The molecule has 1 aromatic rings. The smallest absolute Gasteiger partial charge is 0.336 e. The number of aromatic carboxylic acids is 2. The first-order chi connectivity index (χ1) is 14.9. The van der Waals surface area contributed by atoms with Crippen molar-refractivity contribution in [3.8, 4) is 0 Å². The highest BCUT2D eigenvalue weighted by molar-refractivity contribution is 6.01. The normalized spacial score (nSPS) is 14.5. The van der Waals surface area contributed by atoms with Crippen molar-refractivity contribution < 1.29 is 24.3 Å². The van der Waals surface area contributed by atoms with Gasteiger partial charge in [0.2, 0.25) is 0 Å². The van der Waals surface area contributed by atoms with Crippen molar-refractivity contribution in [1.29, 1.82) is 0 Å². The molecule has 1 aliphatic rings. The molecule has 0 bridgehead atoms. The molecule has 31 heavy (non-hydrogen) atoms. The first-order valence-corrected chi connectivity index (χ1v) is 12.4. The lowest BCUT2D eigenvalue weighted by molar-refractivity contribution is -0.947. The lowest BCUT2D eigenvalue weighted by atomic mass is 10.0. The third-order valence-electron chi connectivity index (χ3n) is 6.77. The van der Waals surface area contributed by atoms with Crippen LogP contribution in [-0.2, 0) is 13.1 Å². The van der Waals surface area contributed by atoms with Gasteiger partial charge in [-0.25, -0.2) is 4.79 Å². The summed E-state index contributed by atoms with van der Waals surface area (Å²) in [6, 6.07) is 3.15. The summed E-state index contributed by atoms with van der Waals surface area (Å²) in [5, 5.41) is 21.0. The van der Waals surface area contributed by atoms with E-state index in [4.69, 9.17) is 0 Å². The minimum atomic E-state index is -1.41. The Balaban J connectivity index is 2.08. The molecule has 0 aliphatic carbocycles. The van der Waals surface area contributed by atoms with Gasteiger partial charge in [0.05, 0.1) is 24.6 Å². The van der Waals surface area contributed by atoms with E-state index in [0.717, 1.165) is 41.8 Å². The van der Waals surface area contributed by atoms with Gasteiger partial charge in [-0.15, -0.1) is 0 Å². The first kappa shape index (κ1) is 25.4. The molecule has 1 N–H and O–H groups in total. The summed E-state index contributed by atoms with van der Waals surface area (Å²) in [5.74, 6) is -2.60. The van der Waals surface area contributed by atoms with Crippen molar-refractivity contribution in [2.75, 3.05) is 13.1 Å². The van der Waals surface area contributed by atoms with Gasteiger partial charge in [0.15, 0.2) is 0 Å². The molecule has 0 radical (unpaired) electrons. The van der Waals surface area contributed by atoms with Crippen LogP contribution in [-0.4, -0.2) is 34.6 Å². The van der Waals surface area contributed by atoms with Crippen LogP contribution in [0.1, 0.15) is 123 Å². The molecule has 0 spiro atoms. The molecule has 5 heteroatoms. The highest BCUT2D eigenvalue weighted by atomic mass is 18.2. The van der Waals surface area contributed by atoms with Crippen molar-refractivity contribution in [1.82, 2.24) is 0 Å². The lowest BCUT2D eigenvalue weighted by Gasteiger charge is -2.34. The number of hydrogen-bond acceptors (Lipinski definition) is 3. The Hall–Kier alpha value is -1.88. The SMILES string of the molecule is CCCCCCCC[N+]1(CCCCCCCC)Cc2cc(C(=O)O)c(C(=O)[18O-])cc2C1. The Morgan fingerprint density at radius 3 is 1.61 bits per heavy atom. The Labute approximate surface area is 188 Å². The number of nitrogens with zero attached hydrogens (tertiary/aromatic N) is 1. The monoisotopic (exact) mass is 433 g/mol. The van der Waals surface area contributed by atoms with Crippen molar-refractivity contribution in [2.24, 2.45) is 0 Å². The number of rotatable bonds is 16. The molecule has 1 aromatic carbocycles. The number of benzene rings is 1. The van der Waals surface area contributed by atoms with E-state index in [1.165, 1.54) is 77.0 Å². The van der Waals surface area contributed by atoms with E-state index >= 15 is 0 Å². The molecule has 0 fully saturated rings. The second kappa shape index (κ2) is 12.8. The summed E-state index contributed by atoms with van der Waals surface area (Å²) in [4.78, 5) is 23.1. The van der Waals surface area contributed by atoms with E-state index in [0.29, 0.717) is 0 Å². The predicted molar refractivity (Wildman–Crippen MR) is 122 cm³/mol. The van der Waals surface area contributed by atoms with Crippen LogP contribution >= 0.6 is 0 Å². The second-order valence-corrected chi connectivity index (χ2v) is 9.40. The topological polar surface area (TPSA) is 77.4 Å². The Bertz CT molecular complexity index is 667. The van der Waals surface area contributed by atoms with Crippen LogP contribution in [0.4, 0.5) is 0 Å². The summed E-state index contributed by atoms with van der Waals surface area (Å²) < 4.78 is 0.937. The molecule has 174 valence electrons. The standard InChI is InChI=1S/C26H41NO4/c1-3-5-7-9-11-13-15-27(16-14-12-10-8-6-4-2)19-21-17-23(25(28)29)24(26(30)31)18-22(21)20-27/h17-18H,3-16,19-20H2,1-2H3,(H-,28,29,30,31)/i28+2. The van der Waals surface area contributed by atoms with Gasteiger partial charge < -0.3 is 19.5 Å². The van der Waals surface area contributed by atoms with Crippen LogP contribution in [0.5, 0.6) is 0 Å². The highest BCUT2D eigenvalue weighted by Gasteiger charge is 2.36. The quantitative estimate of drug-likeness (QED) is 0.218. The van der Waals surface area contributed by atoms with E-state index in [9.17, 15) is 19.8 Å². The van der Waals surface area contributed by atoms with Crippen LogP contribution in [0.15, 0.2) is 12.1 Å². The molecular weight excluding hydrogens is 392 g/mol. The van der Waals surface area contributed by atoms with Crippen LogP contribution in [0.2, 0.25) is 0 Å². The molecule has 0 atom stereocenters. The molecule has 0 saturated heterocycles. The van der Waals surface area contributed by atoms with Gasteiger partial charge in [-0.1, -0.05) is 65.2 Å². The van der Waals surface area contributed by atoms with Gasteiger partial charge in [-0.2, -0.15) is 0 Å². The molecule has 0 unspecified atom stereocenters. The predicted octanol–water partition coefficient (Wildman–Crippen LogP) is 5.30. The average Bonchev–Trinajstić information content (AvgIpc) is 3.09. The zero-order valence-electron chi connectivity index (χ0n) is 19.6. The van der Waals surface area contributed by atoms with Gasteiger partial charge in [0, 0.05) is 16.7 Å². The summed E-state index contributed by atoms with van der Waals surface area (Å²) in [7, 11) is 0. The van der Waals surface area contributed by atoms with Crippen molar-refractivity contribution >= 4 is 11.9 Å². The third kappa shape index (κ3) is 7.64. The summed E-state index contributed by atoms with van der Waals surface area (Å²) in [5.41, 5.74) is 1.66. The van der Waals surface area contributed by atoms with E-state index in [1.54, 1.807) is 12.1 Å². The Morgan fingerprint density at radius 2 is 1.19 bits per heavy atom. The van der Waals surface area contributed by atoms with E-state index in [2.05, 4.69) is 13.8 Å². The van der Waals surface area contributed by atoms with Gasteiger partial charge in [0.25, 0.3) is 0 Å². The molecule has 0 amide bonds. The number of quaternary nitrogens is 1. The third-order valence-corrected chi connectivity index (χ3v) is 6.77. The van der Waals surface area contributed by atoms with E-state index < -0.39 is 11.9 Å². The molecule has 0 saturated carbocycles. The van der Waals surface area contributed by atoms with Gasteiger partial charge >= 0.3 is 5.97 Å². The van der Waals surface area contributed by atoms with Crippen LogP contribution in [0.25, 0.3) is 0 Å². The molecule has 1 heterocycles. The van der Waals surface area contributed by atoms with Crippen molar-refractivity contribution in [3.63, 3.8) is 0 Å². The first-order valence-electron chi connectivity index (χ1n) is 12.4. The number of carbonyl (C=O) groups is 2. The van der Waals surface area contributed by atoms with Crippen LogP contribution < -0.4 is 5.11 Å². The van der Waals surface area contributed by atoms with Crippen LogP contribution in [0.3, 0.4) is 0 Å². The summed E-state index contributed by atoms with van der Waals surface area (Å²) in [6.07, 6.45) is 15.1. The number of carboxylic acids is 2. The summed E-state index contributed by atoms with van der Waals surface area (Å²) in [6.45, 7) is 8.24. The number of fused-ring (bicyclic) bond motifs is 1. The van der Waals surface area contributed by atoms with Gasteiger partial charge in [-0.3, -0.25) is 0 Å². The zero-order chi connectivity index (χ0) is 22.7. The fraction of sp³-hybridized carbons (Fsp3) is 0.692. The largest absolute Gasteiger partial charge is 0.545 e. The van der Waals surface area contributed by atoms with Crippen molar-refractivity contribution in [2.45, 2.75) is 104 Å². The zero-order valence-corrected chi connectivity index (χ0v) is 19.6. The molecule has 1 aliphatic heterocycles. The molecule has 2 rings (SSSR count). The Kier molecular flexibility index (Phi) is 10.5. The molecule has 0 aromatic heterocycles. The highest BCUT2D eigenvalue weighted by Crippen LogP contribution is 2.34. The maximum atomic E-state index is 11.6. The maximum Gasteiger partial charge on any atom is 0.336 e. The maximum absolute atomic E-state index is 11.6. The lowest BCUT2D eigenvalue weighted by Crippen LogP contribution is -2.44. The van der Waals surface area contributed by atoms with E-state index in [1.807, 2.05) is 0 Å². The fourth-order valence-electron chi connectivity index (χ4n) is 4.99. The number of unbranched alkanes of at least 4 members (excludes halogenated alkanes) is 10. The van der Waals surface area contributed by atoms with Crippen molar-refractivity contribution in [3.05, 3.63) is 34.4 Å². The number of carboxylic acid groups (broad SMARTS) is 2. The van der Waals surface area contributed by atoms with Gasteiger partial charge in [-0.05, 0) is 37.8 Å². The summed E-state index contributed by atoms with van der Waals surface area (Å²) >= 11 is 0.